The number of hydrogen-bond acceptors (Lipinski definition) is 3. The van der Waals surface area contributed by atoms with E-state index < -0.39 is 0 Å². The zero-order valence-electron chi connectivity index (χ0n) is 11.9. The van der Waals surface area contributed by atoms with Crippen molar-refractivity contribution < 1.29 is 4.74 Å². The SMILES string of the molecule is Cc1ccc2nc(SCCOCCC(C)C)[nH]c2c1. The average Bonchev–Trinajstić information content (AvgIpc) is 2.75. The van der Waals surface area contributed by atoms with Crippen molar-refractivity contribution in [1.29, 1.82) is 0 Å². The maximum Gasteiger partial charge on any atom is 0.166 e. The van der Waals surface area contributed by atoms with Crippen LogP contribution in [0.4, 0.5) is 0 Å². The van der Waals surface area contributed by atoms with Crippen molar-refractivity contribution in [2.24, 2.45) is 5.92 Å². The van der Waals surface area contributed by atoms with Crippen molar-refractivity contribution in [3.05, 3.63) is 23.8 Å². The van der Waals surface area contributed by atoms with E-state index in [1.54, 1.807) is 11.8 Å². The lowest BCUT2D eigenvalue weighted by Gasteiger charge is -2.05. The Morgan fingerprint density at radius 3 is 2.95 bits per heavy atom. The molecule has 0 aliphatic heterocycles. The monoisotopic (exact) mass is 278 g/mol. The summed E-state index contributed by atoms with van der Waals surface area (Å²) < 4.78 is 5.60. The summed E-state index contributed by atoms with van der Waals surface area (Å²) in [6.45, 7) is 8.17. The Kier molecular flexibility index (Phi) is 5.28. The molecule has 0 aliphatic carbocycles. The van der Waals surface area contributed by atoms with Crippen molar-refractivity contribution in [3.8, 4) is 0 Å². The highest BCUT2D eigenvalue weighted by molar-refractivity contribution is 7.99. The molecule has 1 heterocycles. The fourth-order valence-electron chi connectivity index (χ4n) is 1.79. The Hall–Kier alpha value is -1.00. The summed E-state index contributed by atoms with van der Waals surface area (Å²) in [5, 5.41) is 0.980. The number of imidazole rings is 1. The molecule has 0 bridgehead atoms. The highest BCUT2D eigenvalue weighted by atomic mass is 32.2. The van der Waals surface area contributed by atoms with Gasteiger partial charge in [0.1, 0.15) is 0 Å². The molecule has 0 aliphatic rings. The molecule has 1 aromatic heterocycles. The largest absolute Gasteiger partial charge is 0.381 e. The number of aromatic nitrogens is 2. The molecule has 0 unspecified atom stereocenters. The topological polar surface area (TPSA) is 37.9 Å². The maximum absolute atomic E-state index is 5.60. The lowest BCUT2D eigenvalue weighted by molar-refractivity contribution is 0.138. The number of fused-ring (bicyclic) bond motifs is 1. The van der Waals surface area contributed by atoms with Gasteiger partial charge in [-0.05, 0) is 37.0 Å². The summed E-state index contributed by atoms with van der Waals surface area (Å²) in [7, 11) is 0. The Balaban J connectivity index is 1.75. The van der Waals surface area contributed by atoms with E-state index in [0.29, 0.717) is 5.92 Å². The van der Waals surface area contributed by atoms with Crippen LogP contribution in [0.25, 0.3) is 11.0 Å². The summed E-state index contributed by atoms with van der Waals surface area (Å²) in [5.41, 5.74) is 3.40. The molecule has 19 heavy (non-hydrogen) atoms. The first kappa shape index (κ1) is 14.4. The summed E-state index contributed by atoms with van der Waals surface area (Å²) in [6.07, 6.45) is 1.13. The van der Waals surface area contributed by atoms with Crippen LogP contribution in [-0.4, -0.2) is 28.9 Å². The third-order valence-corrected chi connectivity index (χ3v) is 3.76. The van der Waals surface area contributed by atoms with Crippen LogP contribution in [0, 0.1) is 12.8 Å². The normalized spacial score (nSPS) is 11.6. The Morgan fingerprint density at radius 1 is 1.32 bits per heavy atom. The third-order valence-electron chi connectivity index (χ3n) is 2.92. The van der Waals surface area contributed by atoms with Gasteiger partial charge in [-0.1, -0.05) is 31.7 Å². The van der Waals surface area contributed by atoms with Crippen LogP contribution in [0.3, 0.4) is 0 Å². The van der Waals surface area contributed by atoms with E-state index in [4.69, 9.17) is 4.74 Å². The minimum atomic E-state index is 0.714. The van der Waals surface area contributed by atoms with Crippen molar-refractivity contribution in [2.45, 2.75) is 32.3 Å². The second-order valence-corrected chi connectivity index (χ2v) is 6.29. The first-order chi connectivity index (χ1) is 9.15. The minimum absolute atomic E-state index is 0.714. The van der Waals surface area contributed by atoms with E-state index in [0.717, 1.165) is 41.6 Å². The van der Waals surface area contributed by atoms with E-state index in [1.165, 1.54) is 5.56 Å². The molecule has 0 fully saturated rings. The predicted octanol–water partition coefficient (Wildman–Crippen LogP) is 4.03. The van der Waals surface area contributed by atoms with Crippen molar-refractivity contribution in [3.63, 3.8) is 0 Å². The molecule has 3 nitrogen and oxygen atoms in total. The van der Waals surface area contributed by atoms with Crippen LogP contribution in [-0.2, 0) is 4.74 Å². The molecular weight excluding hydrogens is 256 g/mol. The minimum Gasteiger partial charge on any atom is -0.381 e. The summed E-state index contributed by atoms with van der Waals surface area (Å²) in [5.74, 6) is 1.66. The molecule has 1 N–H and O–H groups in total. The number of aromatic amines is 1. The van der Waals surface area contributed by atoms with Gasteiger partial charge in [-0.25, -0.2) is 4.98 Å². The van der Waals surface area contributed by atoms with Gasteiger partial charge in [0.05, 0.1) is 17.6 Å². The van der Waals surface area contributed by atoms with E-state index in [-0.39, 0.29) is 0 Å². The summed E-state index contributed by atoms with van der Waals surface area (Å²) in [6, 6.07) is 6.28. The summed E-state index contributed by atoms with van der Waals surface area (Å²) in [4.78, 5) is 7.89. The molecule has 4 heteroatoms. The average molecular weight is 278 g/mol. The van der Waals surface area contributed by atoms with Gasteiger partial charge in [0.2, 0.25) is 0 Å². The molecule has 0 radical (unpaired) electrons. The van der Waals surface area contributed by atoms with E-state index >= 15 is 0 Å². The number of thioether (sulfide) groups is 1. The molecule has 2 aromatic rings. The first-order valence-corrected chi connectivity index (χ1v) is 7.80. The third kappa shape index (κ3) is 4.55. The zero-order chi connectivity index (χ0) is 13.7. The fraction of sp³-hybridized carbons (Fsp3) is 0.533. The number of H-pyrrole nitrogens is 1. The Bertz CT molecular complexity index is 522. The maximum atomic E-state index is 5.60. The van der Waals surface area contributed by atoms with Crippen molar-refractivity contribution in [2.75, 3.05) is 19.0 Å². The smallest absolute Gasteiger partial charge is 0.166 e. The second kappa shape index (κ2) is 6.96. The fourth-order valence-corrected chi connectivity index (χ4v) is 2.53. The van der Waals surface area contributed by atoms with Crippen LogP contribution in [0.5, 0.6) is 0 Å². The highest BCUT2D eigenvalue weighted by Gasteiger charge is 2.03. The van der Waals surface area contributed by atoms with Gasteiger partial charge in [0.15, 0.2) is 5.16 Å². The number of aryl methyl sites for hydroxylation is 1. The first-order valence-electron chi connectivity index (χ1n) is 6.82. The van der Waals surface area contributed by atoms with Crippen molar-refractivity contribution >= 4 is 22.8 Å². The molecule has 0 saturated carbocycles. The Labute approximate surface area is 119 Å². The lowest BCUT2D eigenvalue weighted by Crippen LogP contribution is -2.02. The van der Waals surface area contributed by atoms with Gasteiger partial charge in [0, 0.05) is 12.4 Å². The van der Waals surface area contributed by atoms with Gasteiger partial charge in [0.25, 0.3) is 0 Å². The molecule has 104 valence electrons. The van der Waals surface area contributed by atoms with Gasteiger partial charge in [-0.2, -0.15) is 0 Å². The molecular formula is C15H22N2OS. The predicted molar refractivity (Wildman–Crippen MR) is 81.8 cm³/mol. The van der Waals surface area contributed by atoms with Gasteiger partial charge in [-0.15, -0.1) is 0 Å². The number of nitrogens with zero attached hydrogens (tertiary/aromatic N) is 1. The van der Waals surface area contributed by atoms with Crippen LogP contribution in [0.1, 0.15) is 25.8 Å². The number of hydrogen-bond donors (Lipinski definition) is 1. The van der Waals surface area contributed by atoms with Crippen LogP contribution in [0.15, 0.2) is 23.4 Å². The lowest BCUT2D eigenvalue weighted by atomic mass is 10.1. The Morgan fingerprint density at radius 2 is 2.16 bits per heavy atom. The summed E-state index contributed by atoms with van der Waals surface area (Å²) >= 11 is 1.72. The second-order valence-electron chi connectivity index (χ2n) is 5.21. The highest BCUT2D eigenvalue weighted by Crippen LogP contribution is 2.20. The van der Waals surface area contributed by atoms with Crippen LogP contribution >= 0.6 is 11.8 Å². The molecule has 0 saturated heterocycles. The number of nitrogens with one attached hydrogen (secondary N) is 1. The molecule has 1 aromatic carbocycles. The van der Waals surface area contributed by atoms with E-state index in [1.807, 2.05) is 0 Å². The number of benzene rings is 1. The van der Waals surface area contributed by atoms with E-state index in [9.17, 15) is 0 Å². The number of ether oxygens (including phenoxy) is 1. The van der Waals surface area contributed by atoms with Crippen LogP contribution < -0.4 is 0 Å². The quantitative estimate of drug-likeness (QED) is 0.614. The molecule has 2 rings (SSSR count). The molecule has 0 spiro atoms. The van der Waals surface area contributed by atoms with E-state index in [2.05, 4.69) is 48.9 Å². The van der Waals surface area contributed by atoms with Crippen molar-refractivity contribution in [1.82, 2.24) is 9.97 Å². The number of rotatable bonds is 7. The van der Waals surface area contributed by atoms with Gasteiger partial charge < -0.3 is 9.72 Å². The van der Waals surface area contributed by atoms with Crippen LogP contribution in [0.2, 0.25) is 0 Å². The zero-order valence-corrected chi connectivity index (χ0v) is 12.7. The molecule has 0 amide bonds. The standard InChI is InChI=1S/C15H22N2OS/c1-11(2)6-7-18-8-9-19-15-16-13-5-4-12(3)10-14(13)17-15/h4-5,10-11H,6-9H2,1-3H3,(H,16,17). The molecule has 0 atom stereocenters. The van der Waals surface area contributed by atoms with Gasteiger partial charge >= 0.3 is 0 Å². The van der Waals surface area contributed by atoms with Gasteiger partial charge in [-0.3, -0.25) is 0 Å².